The lowest BCUT2D eigenvalue weighted by atomic mass is 10.1. The fourth-order valence-corrected chi connectivity index (χ4v) is 4.36. The van der Waals surface area contributed by atoms with Gasteiger partial charge in [-0.05, 0) is 62.9 Å². The number of aliphatic imine (C=N–C) groups is 1. The van der Waals surface area contributed by atoms with Gasteiger partial charge in [-0.2, -0.15) is 0 Å². The summed E-state index contributed by atoms with van der Waals surface area (Å²) in [6.45, 7) is 9.73. The van der Waals surface area contributed by atoms with E-state index in [9.17, 15) is 0 Å². The first kappa shape index (κ1) is 26.0. The average Bonchev–Trinajstić information content (AvgIpc) is 3.24. The van der Waals surface area contributed by atoms with E-state index in [1.165, 1.54) is 45.3 Å². The lowest BCUT2D eigenvalue weighted by Crippen LogP contribution is -2.41. The lowest BCUT2D eigenvalue weighted by Gasteiger charge is -2.29. The summed E-state index contributed by atoms with van der Waals surface area (Å²) in [5, 5.41) is 12.4. The average molecular weight is 546 g/mol. The molecule has 2 N–H and O–H groups in total. The van der Waals surface area contributed by atoms with Gasteiger partial charge in [-0.1, -0.05) is 12.5 Å². The molecule has 2 aliphatic heterocycles. The SMILES string of the molecule is CCNC(=NCc1ccc(OCCO)c(OC)c1)N1CCC(CN2CCCCC2)C1.I. The van der Waals surface area contributed by atoms with E-state index in [1.807, 2.05) is 18.2 Å². The van der Waals surface area contributed by atoms with Gasteiger partial charge in [-0.15, -0.1) is 24.0 Å². The number of hydrogen-bond acceptors (Lipinski definition) is 5. The second kappa shape index (κ2) is 14.0. The first-order valence-electron chi connectivity index (χ1n) is 11.4. The third-order valence-corrected chi connectivity index (χ3v) is 5.87. The van der Waals surface area contributed by atoms with Crippen molar-refractivity contribution in [2.45, 2.75) is 39.2 Å². The second-order valence-electron chi connectivity index (χ2n) is 8.19. The Morgan fingerprint density at radius 3 is 2.71 bits per heavy atom. The van der Waals surface area contributed by atoms with Gasteiger partial charge in [-0.3, -0.25) is 0 Å². The summed E-state index contributed by atoms with van der Waals surface area (Å²) < 4.78 is 11.0. The third-order valence-electron chi connectivity index (χ3n) is 5.87. The van der Waals surface area contributed by atoms with Crippen LogP contribution >= 0.6 is 24.0 Å². The van der Waals surface area contributed by atoms with Crippen LogP contribution in [0.4, 0.5) is 0 Å². The number of methoxy groups -OCH3 is 1. The number of ether oxygens (including phenoxy) is 2. The van der Waals surface area contributed by atoms with Crippen LogP contribution in [0, 0.1) is 5.92 Å². The minimum Gasteiger partial charge on any atom is -0.493 e. The Bertz CT molecular complexity index is 683. The van der Waals surface area contributed by atoms with Crippen molar-refractivity contribution < 1.29 is 14.6 Å². The summed E-state index contributed by atoms with van der Waals surface area (Å²) in [5.74, 6) is 3.04. The van der Waals surface area contributed by atoms with Crippen LogP contribution in [0.5, 0.6) is 11.5 Å². The number of hydrogen-bond donors (Lipinski definition) is 2. The summed E-state index contributed by atoms with van der Waals surface area (Å²) in [5.41, 5.74) is 1.07. The third kappa shape index (κ3) is 7.98. The highest BCUT2D eigenvalue weighted by Crippen LogP contribution is 2.28. The Labute approximate surface area is 204 Å². The van der Waals surface area contributed by atoms with Gasteiger partial charge < -0.3 is 29.7 Å². The molecule has 31 heavy (non-hydrogen) atoms. The van der Waals surface area contributed by atoms with Crippen molar-refractivity contribution in [3.05, 3.63) is 23.8 Å². The topological polar surface area (TPSA) is 69.6 Å². The van der Waals surface area contributed by atoms with E-state index in [1.54, 1.807) is 7.11 Å². The van der Waals surface area contributed by atoms with Crippen molar-refractivity contribution in [2.24, 2.45) is 10.9 Å². The van der Waals surface area contributed by atoms with Gasteiger partial charge in [0, 0.05) is 26.2 Å². The number of benzene rings is 1. The van der Waals surface area contributed by atoms with Gasteiger partial charge in [0.25, 0.3) is 0 Å². The number of halogens is 1. The smallest absolute Gasteiger partial charge is 0.194 e. The zero-order valence-corrected chi connectivity index (χ0v) is 21.3. The molecule has 1 atom stereocenters. The molecule has 0 bridgehead atoms. The zero-order valence-electron chi connectivity index (χ0n) is 19.0. The van der Waals surface area contributed by atoms with E-state index in [4.69, 9.17) is 19.6 Å². The van der Waals surface area contributed by atoms with Crippen molar-refractivity contribution in [3.8, 4) is 11.5 Å². The molecule has 8 heteroatoms. The molecule has 0 spiro atoms. The fraction of sp³-hybridized carbons (Fsp3) is 0.696. The fourth-order valence-electron chi connectivity index (χ4n) is 4.36. The molecule has 2 fully saturated rings. The standard InChI is InChI=1S/C23H38N4O3.HI/c1-3-24-23(27-12-9-20(18-27)17-26-10-5-4-6-11-26)25-16-19-7-8-21(30-14-13-28)22(15-19)29-2;/h7-8,15,20,28H,3-6,9-14,16-18H2,1-2H3,(H,24,25);1H. The lowest BCUT2D eigenvalue weighted by molar-refractivity contribution is 0.196. The predicted octanol–water partition coefficient (Wildman–Crippen LogP) is 2.96. The van der Waals surface area contributed by atoms with Crippen LogP contribution in [-0.2, 0) is 6.54 Å². The van der Waals surface area contributed by atoms with Crippen molar-refractivity contribution in [1.82, 2.24) is 15.1 Å². The highest BCUT2D eigenvalue weighted by atomic mass is 127. The minimum atomic E-state index is -0.0180. The monoisotopic (exact) mass is 546 g/mol. The van der Waals surface area contributed by atoms with E-state index in [-0.39, 0.29) is 37.2 Å². The zero-order chi connectivity index (χ0) is 21.2. The summed E-state index contributed by atoms with van der Waals surface area (Å²) in [6.07, 6.45) is 5.34. The summed E-state index contributed by atoms with van der Waals surface area (Å²) >= 11 is 0. The number of aliphatic hydroxyl groups is 1. The van der Waals surface area contributed by atoms with Crippen molar-refractivity contribution >= 4 is 29.9 Å². The number of nitrogens with one attached hydrogen (secondary N) is 1. The molecule has 7 nitrogen and oxygen atoms in total. The molecule has 176 valence electrons. The largest absolute Gasteiger partial charge is 0.493 e. The van der Waals surface area contributed by atoms with E-state index >= 15 is 0 Å². The first-order chi connectivity index (χ1) is 14.7. The Hall–Kier alpha value is -1.26. The van der Waals surface area contributed by atoms with Crippen LogP contribution < -0.4 is 14.8 Å². The van der Waals surface area contributed by atoms with Crippen molar-refractivity contribution in [2.75, 3.05) is 59.6 Å². The van der Waals surface area contributed by atoms with Gasteiger partial charge in [0.2, 0.25) is 0 Å². The Balaban J connectivity index is 0.00000341. The first-order valence-corrected chi connectivity index (χ1v) is 11.4. The molecule has 2 aliphatic rings. The number of rotatable bonds is 9. The summed E-state index contributed by atoms with van der Waals surface area (Å²) in [7, 11) is 1.63. The van der Waals surface area contributed by atoms with Crippen molar-refractivity contribution in [1.29, 1.82) is 0 Å². The predicted molar refractivity (Wildman–Crippen MR) is 136 cm³/mol. The van der Waals surface area contributed by atoms with Crippen LogP contribution in [-0.4, -0.2) is 80.5 Å². The van der Waals surface area contributed by atoms with Gasteiger partial charge in [-0.25, -0.2) is 4.99 Å². The van der Waals surface area contributed by atoms with Crippen molar-refractivity contribution in [3.63, 3.8) is 0 Å². The molecule has 3 rings (SSSR count). The van der Waals surface area contributed by atoms with Crippen LogP contribution in [0.2, 0.25) is 0 Å². The number of aliphatic hydroxyl groups excluding tert-OH is 1. The molecule has 0 aromatic heterocycles. The van der Waals surface area contributed by atoms with Gasteiger partial charge in [0.15, 0.2) is 17.5 Å². The molecule has 2 heterocycles. The van der Waals surface area contributed by atoms with E-state index < -0.39 is 0 Å². The maximum atomic E-state index is 8.96. The minimum absolute atomic E-state index is 0. The maximum Gasteiger partial charge on any atom is 0.194 e. The summed E-state index contributed by atoms with van der Waals surface area (Å²) in [4.78, 5) is 9.95. The number of piperidine rings is 1. The van der Waals surface area contributed by atoms with Gasteiger partial charge in [0.1, 0.15) is 6.61 Å². The molecule has 0 radical (unpaired) electrons. The maximum absolute atomic E-state index is 8.96. The highest BCUT2D eigenvalue weighted by Gasteiger charge is 2.27. The van der Waals surface area contributed by atoms with E-state index in [0.717, 1.165) is 37.1 Å². The Morgan fingerprint density at radius 2 is 2.00 bits per heavy atom. The molecule has 0 aliphatic carbocycles. The Kier molecular flexibility index (Phi) is 11.7. The van der Waals surface area contributed by atoms with E-state index in [0.29, 0.717) is 18.0 Å². The van der Waals surface area contributed by atoms with Gasteiger partial charge in [0.05, 0.1) is 20.3 Å². The molecule has 0 saturated carbocycles. The molecule has 1 aromatic rings. The molecule has 1 aromatic carbocycles. The van der Waals surface area contributed by atoms with Crippen LogP contribution in [0.3, 0.4) is 0 Å². The normalized spacial score (nSPS) is 19.8. The molecule has 0 amide bonds. The van der Waals surface area contributed by atoms with Gasteiger partial charge >= 0.3 is 0 Å². The highest BCUT2D eigenvalue weighted by molar-refractivity contribution is 14.0. The summed E-state index contributed by atoms with van der Waals surface area (Å²) in [6, 6.07) is 5.85. The second-order valence-corrected chi connectivity index (χ2v) is 8.19. The number of nitrogens with zero attached hydrogens (tertiary/aromatic N) is 3. The Morgan fingerprint density at radius 1 is 1.19 bits per heavy atom. The van der Waals surface area contributed by atoms with E-state index in [2.05, 4.69) is 22.0 Å². The van der Waals surface area contributed by atoms with Crippen LogP contribution in [0.1, 0.15) is 38.2 Å². The van der Waals surface area contributed by atoms with Crippen LogP contribution in [0.25, 0.3) is 0 Å². The number of likely N-dealkylation sites (tertiary alicyclic amines) is 2. The molecular weight excluding hydrogens is 507 g/mol. The number of guanidine groups is 1. The molecule has 2 saturated heterocycles. The molecule has 1 unspecified atom stereocenters. The quantitative estimate of drug-likeness (QED) is 0.282. The molecular formula is C23H39IN4O3. The van der Waals surface area contributed by atoms with Crippen LogP contribution in [0.15, 0.2) is 23.2 Å².